The average Bonchev–Trinajstić information content (AvgIpc) is 1.66. The number of thioether (sulfide) groups is 1. The van der Waals surface area contributed by atoms with Gasteiger partial charge < -0.3 is 5.11 Å². The van der Waals surface area contributed by atoms with E-state index in [0.717, 1.165) is 11.7 Å². The molecule has 8 heavy (non-hydrogen) atoms. The summed E-state index contributed by atoms with van der Waals surface area (Å²) in [5, 5.41) is 8.36. The summed E-state index contributed by atoms with van der Waals surface area (Å²) in [6, 6.07) is 0. The molecular formula is C6H14OS. The van der Waals surface area contributed by atoms with E-state index in [1.54, 1.807) is 0 Å². The first-order chi connectivity index (χ1) is 3.77. The summed E-state index contributed by atoms with van der Waals surface area (Å²) < 4.78 is 0. The highest BCUT2D eigenvalue weighted by Gasteiger charge is 1.91. The molecule has 0 aliphatic carbocycles. The van der Waals surface area contributed by atoms with Gasteiger partial charge in [-0.2, -0.15) is 11.8 Å². The minimum absolute atomic E-state index is 0.317. The van der Waals surface area contributed by atoms with Gasteiger partial charge in [0, 0.05) is 5.75 Å². The summed E-state index contributed by atoms with van der Waals surface area (Å²) in [5.74, 6) is 2.81. The van der Waals surface area contributed by atoms with Crippen molar-refractivity contribution in [3.8, 4) is 0 Å². The largest absolute Gasteiger partial charge is 0.396 e. The second-order valence-electron chi connectivity index (χ2n) is 2.19. The fraction of sp³-hybridized carbons (Fsp3) is 1.00. The minimum Gasteiger partial charge on any atom is -0.396 e. The molecule has 0 aromatic rings. The zero-order valence-corrected chi connectivity index (χ0v) is 6.37. The van der Waals surface area contributed by atoms with Crippen molar-refractivity contribution in [1.82, 2.24) is 0 Å². The second-order valence-corrected chi connectivity index (χ2v) is 3.34. The predicted octanol–water partition coefficient (Wildman–Crippen LogP) is 1.37. The molecule has 0 saturated carbocycles. The van der Waals surface area contributed by atoms with Crippen LogP contribution in [0.4, 0.5) is 0 Å². The summed E-state index contributed by atoms with van der Waals surface area (Å²) in [6.45, 7) is 4.69. The molecule has 0 bridgehead atoms. The highest BCUT2D eigenvalue weighted by Crippen LogP contribution is 2.05. The van der Waals surface area contributed by atoms with Crippen LogP contribution in [0.15, 0.2) is 0 Å². The van der Waals surface area contributed by atoms with Crippen LogP contribution in [0, 0.1) is 5.92 Å². The van der Waals surface area contributed by atoms with Gasteiger partial charge in [-0.3, -0.25) is 0 Å². The Hall–Kier alpha value is 0.310. The van der Waals surface area contributed by atoms with E-state index in [-0.39, 0.29) is 0 Å². The molecule has 0 aliphatic rings. The lowest BCUT2D eigenvalue weighted by Crippen LogP contribution is -1.94. The van der Waals surface area contributed by atoms with Crippen molar-refractivity contribution in [3.63, 3.8) is 0 Å². The fourth-order valence-electron chi connectivity index (χ4n) is 0.384. The van der Waals surface area contributed by atoms with Gasteiger partial charge in [0.05, 0.1) is 6.61 Å². The lowest BCUT2D eigenvalue weighted by atomic mass is 10.3. The molecule has 0 saturated heterocycles. The van der Waals surface area contributed by atoms with Crippen LogP contribution in [0.25, 0.3) is 0 Å². The zero-order valence-electron chi connectivity index (χ0n) is 5.55. The summed E-state index contributed by atoms with van der Waals surface area (Å²) in [6.07, 6.45) is 0. The van der Waals surface area contributed by atoms with Crippen LogP contribution in [-0.4, -0.2) is 23.2 Å². The van der Waals surface area contributed by atoms with Crippen molar-refractivity contribution >= 4 is 11.8 Å². The first kappa shape index (κ1) is 8.31. The predicted molar refractivity (Wildman–Crippen MR) is 39.2 cm³/mol. The number of hydrogen-bond donors (Lipinski definition) is 1. The van der Waals surface area contributed by atoms with E-state index in [2.05, 4.69) is 13.8 Å². The van der Waals surface area contributed by atoms with E-state index >= 15 is 0 Å². The molecular weight excluding hydrogens is 120 g/mol. The molecule has 0 heterocycles. The van der Waals surface area contributed by atoms with E-state index in [0.29, 0.717) is 6.61 Å². The van der Waals surface area contributed by atoms with Gasteiger partial charge in [0.2, 0.25) is 0 Å². The van der Waals surface area contributed by atoms with Crippen LogP contribution in [0.3, 0.4) is 0 Å². The molecule has 0 rings (SSSR count). The van der Waals surface area contributed by atoms with Crippen LogP contribution < -0.4 is 0 Å². The Balaban J connectivity index is 2.72. The Labute approximate surface area is 55.5 Å². The molecule has 0 atom stereocenters. The van der Waals surface area contributed by atoms with Crippen molar-refractivity contribution < 1.29 is 5.11 Å². The van der Waals surface area contributed by atoms with Gasteiger partial charge in [-0.15, -0.1) is 0 Å². The molecule has 0 aromatic heterocycles. The number of rotatable bonds is 4. The third-order valence-corrected chi connectivity index (χ3v) is 2.06. The monoisotopic (exact) mass is 134 g/mol. The van der Waals surface area contributed by atoms with Gasteiger partial charge in [0.1, 0.15) is 0 Å². The first-order valence-electron chi connectivity index (χ1n) is 2.96. The zero-order chi connectivity index (χ0) is 6.41. The molecule has 0 spiro atoms. The van der Waals surface area contributed by atoms with Crippen molar-refractivity contribution in [2.75, 3.05) is 18.1 Å². The Morgan fingerprint density at radius 3 is 2.50 bits per heavy atom. The maximum atomic E-state index is 8.36. The average molecular weight is 134 g/mol. The van der Waals surface area contributed by atoms with Gasteiger partial charge in [0.15, 0.2) is 0 Å². The Bertz CT molecular complexity index is 45.8. The molecule has 1 nitrogen and oxygen atoms in total. The van der Waals surface area contributed by atoms with E-state index in [1.165, 1.54) is 5.75 Å². The summed E-state index contributed by atoms with van der Waals surface area (Å²) in [7, 11) is 0. The van der Waals surface area contributed by atoms with Gasteiger partial charge in [-0.05, 0) is 11.7 Å². The Kier molecular flexibility index (Phi) is 5.66. The Morgan fingerprint density at radius 1 is 1.50 bits per heavy atom. The van der Waals surface area contributed by atoms with E-state index in [1.807, 2.05) is 11.8 Å². The maximum absolute atomic E-state index is 8.36. The van der Waals surface area contributed by atoms with Gasteiger partial charge in [0.25, 0.3) is 0 Å². The lowest BCUT2D eigenvalue weighted by Gasteiger charge is -2.00. The van der Waals surface area contributed by atoms with E-state index in [4.69, 9.17) is 5.11 Å². The summed E-state index contributed by atoms with van der Waals surface area (Å²) in [4.78, 5) is 0. The van der Waals surface area contributed by atoms with Crippen molar-refractivity contribution in [1.29, 1.82) is 0 Å². The van der Waals surface area contributed by atoms with Crippen LogP contribution in [0.1, 0.15) is 13.8 Å². The normalized spacial score (nSPS) is 10.5. The molecule has 0 fully saturated rings. The van der Waals surface area contributed by atoms with Crippen molar-refractivity contribution in [2.24, 2.45) is 5.92 Å². The molecule has 1 N–H and O–H groups in total. The first-order valence-corrected chi connectivity index (χ1v) is 4.11. The molecule has 0 aromatic carbocycles. The van der Waals surface area contributed by atoms with Gasteiger partial charge in [-0.25, -0.2) is 0 Å². The maximum Gasteiger partial charge on any atom is 0.0521 e. The standard InChI is InChI=1S/C6H14OS/c1-6(2)5-8-4-3-7/h6-7H,3-5H2,1-2H3. The quantitative estimate of drug-likeness (QED) is 0.586. The molecule has 0 aliphatic heterocycles. The summed E-state index contributed by atoms with van der Waals surface area (Å²) >= 11 is 1.81. The van der Waals surface area contributed by atoms with Crippen molar-refractivity contribution in [2.45, 2.75) is 13.8 Å². The van der Waals surface area contributed by atoms with Crippen LogP contribution in [-0.2, 0) is 0 Å². The van der Waals surface area contributed by atoms with Crippen molar-refractivity contribution in [3.05, 3.63) is 0 Å². The van der Waals surface area contributed by atoms with Crippen LogP contribution in [0.2, 0.25) is 0 Å². The third kappa shape index (κ3) is 6.31. The molecule has 50 valence electrons. The van der Waals surface area contributed by atoms with E-state index < -0.39 is 0 Å². The van der Waals surface area contributed by atoms with E-state index in [9.17, 15) is 0 Å². The smallest absolute Gasteiger partial charge is 0.0521 e. The lowest BCUT2D eigenvalue weighted by molar-refractivity contribution is 0.322. The van der Waals surface area contributed by atoms with Crippen LogP contribution >= 0.6 is 11.8 Å². The van der Waals surface area contributed by atoms with Gasteiger partial charge in [-0.1, -0.05) is 13.8 Å². The second kappa shape index (κ2) is 5.45. The third-order valence-electron chi connectivity index (χ3n) is 0.687. The molecule has 0 amide bonds. The van der Waals surface area contributed by atoms with Crippen LogP contribution in [0.5, 0.6) is 0 Å². The topological polar surface area (TPSA) is 20.2 Å². The summed E-state index contributed by atoms with van der Waals surface area (Å²) in [5.41, 5.74) is 0. The SMILES string of the molecule is CC(C)CSCCO. The number of hydrogen-bond acceptors (Lipinski definition) is 2. The molecule has 0 radical (unpaired) electrons. The Morgan fingerprint density at radius 2 is 2.12 bits per heavy atom. The highest BCUT2D eigenvalue weighted by atomic mass is 32.2. The number of aliphatic hydroxyl groups excluding tert-OH is 1. The number of aliphatic hydroxyl groups is 1. The fourth-order valence-corrected chi connectivity index (χ4v) is 1.15. The highest BCUT2D eigenvalue weighted by molar-refractivity contribution is 7.99. The molecule has 2 heteroatoms. The molecule has 0 unspecified atom stereocenters. The minimum atomic E-state index is 0.317. The van der Waals surface area contributed by atoms with Gasteiger partial charge >= 0.3 is 0 Å².